The first-order chi connectivity index (χ1) is 7.96. The number of aliphatic imine (C=N–C) groups is 1. The Labute approximate surface area is 94.9 Å². The predicted octanol–water partition coefficient (Wildman–Crippen LogP) is 2.12. The van der Waals surface area contributed by atoms with E-state index in [1.165, 1.54) is 12.1 Å². The summed E-state index contributed by atoms with van der Waals surface area (Å²) in [7, 11) is 0. The monoisotopic (exact) mass is 243 g/mol. The van der Waals surface area contributed by atoms with Gasteiger partial charge in [-0.25, -0.2) is 9.79 Å². The third-order valence-electron chi connectivity index (χ3n) is 2.54. The highest BCUT2D eigenvalue weighted by atomic mass is 19.4. The summed E-state index contributed by atoms with van der Waals surface area (Å²) in [5, 5.41) is 0. The fourth-order valence-corrected chi connectivity index (χ4v) is 1.61. The van der Waals surface area contributed by atoms with Crippen molar-refractivity contribution in [2.24, 2.45) is 4.99 Å². The second kappa shape index (κ2) is 3.87. The first kappa shape index (κ1) is 11.6. The maximum absolute atomic E-state index is 12.9. The van der Waals surface area contributed by atoms with Crippen molar-refractivity contribution in [3.8, 4) is 0 Å². The van der Waals surface area contributed by atoms with Crippen LogP contribution in [-0.2, 0) is 16.0 Å². The smallest absolute Gasteiger partial charge is 0.413 e. The fourth-order valence-electron chi connectivity index (χ4n) is 1.61. The lowest BCUT2D eigenvalue weighted by atomic mass is 9.91. The molecule has 0 amide bonds. The molecule has 0 fully saturated rings. The van der Waals surface area contributed by atoms with Gasteiger partial charge in [0.05, 0.1) is 0 Å². The minimum absolute atomic E-state index is 0.376. The van der Waals surface area contributed by atoms with Crippen LogP contribution in [0.3, 0.4) is 0 Å². The molecular weight excluding hydrogens is 235 g/mol. The number of alkyl halides is 3. The average Bonchev–Trinajstić information content (AvgIpc) is 2.62. The van der Waals surface area contributed by atoms with Crippen LogP contribution < -0.4 is 0 Å². The second-order valence-corrected chi connectivity index (χ2v) is 3.66. The van der Waals surface area contributed by atoms with Gasteiger partial charge >= 0.3 is 12.1 Å². The largest absolute Gasteiger partial charge is 0.424 e. The minimum Gasteiger partial charge on any atom is -0.413 e. The third-order valence-corrected chi connectivity index (χ3v) is 2.54. The van der Waals surface area contributed by atoms with Crippen LogP contribution in [0.1, 0.15) is 5.56 Å². The van der Waals surface area contributed by atoms with Crippen molar-refractivity contribution < 1.29 is 22.7 Å². The van der Waals surface area contributed by atoms with E-state index in [0.29, 0.717) is 12.0 Å². The molecule has 2 rings (SSSR count). The van der Waals surface area contributed by atoms with Crippen molar-refractivity contribution in [2.45, 2.75) is 18.1 Å². The van der Waals surface area contributed by atoms with Gasteiger partial charge in [-0.3, -0.25) is 0 Å². The number of ether oxygens (including phenoxy) is 1. The van der Waals surface area contributed by atoms with Gasteiger partial charge in [-0.2, -0.15) is 13.2 Å². The Kier molecular flexibility index (Phi) is 2.65. The molecule has 1 unspecified atom stereocenters. The lowest BCUT2D eigenvalue weighted by Crippen LogP contribution is -2.50. The van der Waals surface area contributed by atoms with Gasteiger partial charge in [0.1, 0.15) is 0 Å². The van der Waals surface area contributed by atoms with Crippen LogP contribution in [0.15, 0.2) is 35.3 Å². The van der Waals surface area contributed by atoms with Gasteiger partial charge in [0.15, 0.2) is 6.40 Å². The molecule has 1 aliphatic heterocycles. The molecule has 0 N–H and O–H groups in total. The molecule has 17 heavy (non-hydrogen) atoms. The molecule has 0 radical (unpaired) electrons. The van der Waals surface area contributed by atoms with E-state index in [9.17, 15) is 18.0 Å². The van der Waals surface area contributed by atoms with Gasteiger partial charge in [-0.15, -0.1) is 0 Å². The third kappa shape index (κ3) is 1.90. The number of rotatable bonds is 2. The number of halogens is 3. The zero-order valence-electron chi connectivity index (χ0n) is 8.57. The standard InChI is InChI=1S/C11H8F3NO2/c12-11(13,14)10(9(16)17-7-15-10)6-8-4-2-1-3-5-8/h1-5,7H,6H2. The first-order valence-electron chi connectivity index (χ1n) is 4.81. The lowest BCUT2D eigenvalue weighted by molar-refractivity contribution is -0.195. The summed E-state index contributed by atoms with van der Waals surface area (Å²) >= 11 is 0. The van der Waals surface area contributed by atoms with Crippen LogP contribution in [0.25, 0.3) is 0 Å². The zero-order valence-corrected chi connectivity index (χ0v) is 8.57. The Morgan fingerprint density at radius 3 is 2.35 bits per heavy atom. The van der Waals surface area contributed by atoms with Crippen molar-refractivity contribution in [3.63, 3.8) is 0 Å². The topological polar surface area (TPSA) is 38.7 Å². The maximum Gasteiger partial charge on any atom is 0.424 e. The molecule has 0 spiro atoms. The van der Waals surface area contributed by atoms with Gasteiger partial charge in [0, 0.05) is 6.42 Å². The summed E-state index contributed by atoms with van der Waals surface area (Å²) in [4.78, 5) is 14.5. The second-order valence-electron chi connectivity index (χ2n) is 3.66. The first-order valence-corrected chi connectivity index (χ1v) is 4.81. The van der Waals surface area contributed by atoms with Crippen LogP contribution in [0.5, 0.6) is 0 Å². The zero-order chi connectivity index (χ0) is 12.5. The van der Waals surface area contributed by atoms with Crippen LogP contribution in [0.4, 0.5) is 13.2 Å². The molecule has 0 aliphatic carbocycles. The predicted molar refractivity (Wildman–Crippen MR) is 53.5 cm³/mol. The molecule has 0 aromatic heterocycles. The Hall–Kier alpha value is -1.85. The summed E-state index contributed by atoms with van der Waals surface area (Å²) in [5.41, 5.74) is -2.42. The van der Waals surface area contributed by atoms with Crippen molar-refractivity contribution >= 4 is 12.4 Å². The van der Waals surface area contributed by atoms with Crippen LogP contribution in [0, 0.1) is 0 Å². The van der Waals surface area contributed by atoms with Gasteiger partial charge < -0.3 is 4.74 Å². The van der Waals surface area contributed by atoms with E-state index in [2.05, 4.69) is 9.73 Å². The SMILES string of the molecule is O=C1OC=NC1(Cc1ccccc1)C(F)(F)F. The van der Waals surface area contributed by atoms with E-state index in [1.54, 1.807) is 18.2 Å². The Bertz CT molecular complexity index is 456. The normalized spacial score (nSPS) is 23.8. The van der Waals surface area contributed by atoms with Crippen molar-refractivity contribution in [2.75, 3.05) is 0 Å². The fraction of sp³-hybridized carbons (Fsp3) is 0.273. The van der Waals surface area contributed by atoms with E-state index in [4.69, 9.17) is 0 Å². The maximum atomic E-state index is 12.9. The number of esters is 1. The van der Waals surface area contributed by atoms with Gasteiger partial charge in [0.25, 0.3) is 5.54 Å². The number of hydrogen-bond donors (Lipinski definition) is 0. The van der Waals surface area contributed by atoms with Gasteiger partial charge in [-0.05, 0) is 5.56 Å². The number of benzene rings is 1. The molecule has 1 aromatic rings. The quantitative estimate of drug-likeness (QED) is 0.746. The molecule has 1 atom stereocenters. The van der Waals surface area contributed by atoms with Crippen molar-refractivity contribution in [1.29, 1.82) is 0 Å². The summed E-state index contributed by atoms with van der Waals surface area (Å²) in [6.45, 7) is 0. The summed E-state index contributed by atoms with van der Waals surface area (Å²) < 4.78 is 43.0. The highest BCUT2D eigenvalue weighted by molar-refractivity contribution is 5.93. The molecule has 6 heteroatoms. The number of carbonyl (C=O) groups excluding carboxylic acids is 1. The van der Waals surface area contributed by atoms with Crippen LogP contribution in [-0.4, -0.2) is 24.1 Å². The van der Waals surface area contributed by atoms with Crippen molar-refractivity contribution in [3.05, 3.63) is 35.9 Å². The number of hydrogen-bond acceptors (Lipinski definition) is 3. The van der Waals surface area contributed by atoms with Crippen molar-refractivity contribution in [1.82, 2.24) is 0 Å². The van der Waals surface area contributed by atoms with Gasteiger partial charge in [0.2, 0.25) is 0 Å². The number of nitrogens with zero attached hydrogens (tertiary/aromatic N) is 1. The highest BCUT2D eigenvalue weighted by Gasteiger charge is 2.63. The summed E-state index contributed by atoms with van der Waals surface area (Å²) in [6.07, 6.45) is -4.77. The summed E-state index contributed by atoms with van der Waals surface area (Å²) in [6, 6.07) is 7.90. The summed E-state index contributed by atoms with van der Waals surface area (Å²) in [5.74, 6) is -1.38. The van der Waals surface area contributed by atoms with Crippen LogP contribution >= 0.6 is 0 Å². The molecule has 3 nitrogen and oxygen atoms in total. The Morgan fingerprint density at radius 1 is 1.24 bits per heavy atom. The molecule has 1 aromatic carbocycles. The van der Waals surface area contributed by atoms with E-state index >= 15 is 0 Å². The Morgan fingerprint density at radius 2 is 1.88 bits per heavy atom. The highest BCUT2D eigenvalue weighted by Crippen LogP contribution is 2.39. The van der Waals surface area contributed by atoms with E-state index < -0.39 is 24.1 Å². The number of carbonyl (C=O) groups is 1. The van der Waals surface area contributed by atoms with E-state index in [1.807, 2.05) is 0 Å². The van der Waals surface area contributed by atoms with E-state index in [0.717, 1.165) is 0 Å². The molecule has 1 heterocycles. The lowest BCUT2D eigenvalue weighted by Gasteiger charge is -2.24. The number of cyclic esters (lactones) is 1. The molecule has 90 valence electrons. The van der Waals surface area contributed by atoms with E-state index in [-0.39, 0.29) is 0 Å². The average molecular weight is 243 g/mol. The molecule has 0 bridgehead atoms. The van der Waals surface area contributed by atoms with Gasteiger partial charge in [-0.1, -0.05) is 30.3 Å². The molecule has 0 saturated heterocycles. The van der Waals surface area contributed by atoms with Crippen LogP contribution in [0.2, 0.25) is 0 Å². The Balaban J connectivity index is 2.37. The molecule has 0 saturated carbocycles. The molecule has 1 aliphatic rings. The minimum atomic E-state index is -4.77. The molecular formula is C11H8F3NO2.